The highest BCUT2D eigenvalue weighted by atomic mass is 16.5. The van der Waals surface area contributed by atoms with Crippen LogP contribution in [0.5, 0.6) is 0 Å². The van der Waals surface area contributed by atoms with Crippen molar-refractivity contribution in [3.05, 3.63) is 35.9 Å². The first kappa shape index (κ1) is 16.2. The van der Waals surface area contributed by atoms with Crippen molar-refractivity contribution in [1.29, 1.82) is 0 Å². The molecule has 1 atom stereocenters. The van der Waals surface area contributed by atoms with Crippen molar-refractivity contribution in [2.45, 2.75) is 39.7 Å². The highest BCUT2D eigenvalue weighted by Crippen LogP contribution is 2.14. The molecule has 0 saturated heterocycles. The van der Waals surface area contributed by atoms with E-state index in [1.807, 2.05) is 51.1 Å². The van der Waals surface area contributed by atoms with Crippen LogP contribution in [0.3, 0.4) is 0 Å². The van der Waals surface area contributed by atoms with Crippen molar-refractivity contribution in [2.24, 2.45) is 5.41 Å². The Morgan fingerprint density at radius 1 is 1.20 bits per heavy atom. The molecule has 0 aliphatic carbocycles. The molecule has 1 amide bonds. The molecule has 0 aliphatic heterocycles. The second-order valence-corrected chi connectivity index (χ2v) is 5.82. The SMILES string of the molecule is COC(=O)C(CCc1ccccc1)NC(=O)C(C)(C)C. The van der Waals surface area contributed by atoms with Gasteiger partial charge in [-0.3, -0.25) is 4.79 Å². The number of amides is 1. The van der Waals surface area contributed by atoms with Crippen LogP contribution >= 0.6 is 0 Å². The Bertz CT molecular complexity index is 449. The predicted molar refractivity (Wildman–Crippen MR) is 78.2 cm³/mol. The first-order valence-electron chi connectivity index (χ1n) is 6.77. The number of benzene rings is 1. The zero-order chi connectivity index (χ0) is 15.2. The molecule has 0 spiro atoms. The molecule has 1 aromatic carbocycles. The molecule has 0 saturated carbocycles. The van der Waals surface area contributed by atoms with E-state index in [2.05, 4.69) is 5.32 Å². The lowest BCUT2D eigenvalue weighted by Gasteiger charge is -2.22. The highest BCUT2D eigenvalue weighted by Gasteiger charge is 2.27. The fourth-order valence-electron chi connectivity index (χ4n) is 1.72. The zero-order valence-electron chi connectivity index (χ0n) is 12.6. The number of hydrogen-bond acceptors (Lipinski definition) is 3. The summed E-state index contributed by atoms with van der Waals surface area (Å²) in [7, 11) is 1.33. The van der Waals surface area contributed by atoms with E-state index in [1.54, 1.807) is 0 Å². The first-order chi connectivity index (χ1) is 9.34. The summed E-state index contributed by atoms with van der Waals surface area (Å²) in [5, 5.41) is 2.76. The molecule has 1 rings (SSSR count). The monoisotopic (exact) mass is 277 g/mol. The number of hydrogen-bond donors (Lipinski definition) is 1. The quantitative estimate of drug-likeness (QED) is 0.840. The van der Waals surface area contributed by atoms with Gasteiger partial charge in [-0.05, 0) is 18.4 Å². The van der Waals surface area contributed by atoms with Crippen molar-refractivity contribution < 1.29 is 14.3 Å². The third kappa shape index (κ3) is 5.03. The number of carbonyl (C=O) groups is 2. The molecule has 0 fully saturated rings. The minimum atomic E-state index is -0.605. The van der Waals surface area contributed by atoms with E-state index in [0.717, 1.165) is 5.56 Å². The van der Waals surface area contributed by atoms with E-state index in [9.17, 15) is 9.59 Å². The molecule has 0 aromatic heterocycles. The number of methoxy groups -OCH3 is 1. The van der Waals surface area contributed by atoms with Crippen LogP contribution in [0.4, 0.5) is 0 Å². The average molecular weight is 277 g/mol. The summed E-state index contributed by atoms with van der Waals surface area (Å²) in [4.78, 5) is 23.7. The summed E-state index contributed by atoms with van der Waals surface area (Å²) in [6, 6.07) is 9.25. The van der Waals surface area contributed by atoms with Gasteiger partial charge >= 0.3 is 5.97 Å². The molecule has 1 unspecified atom stereocenters. The third-order valence-corrected chi connectivity index (χ3v) is 3.04. The number of rotatable bonds is 5. The van der Waals surface area contributed by atoms with Crippen LogP contribution in [0, 0.1) is 5.41 Å². The lowest BCUT2D eigenvalue weighted by Crippen LogP contribution is -2.46. The maximum absolute atomic E-state index is 12.0. The second kappa shape index (κ2) is 7.08. The summed E-state index contributed by atoms with van der Waals surface area (Å²) in [5.74, 6) is -0.556. The Kier molecular flexibility index (Phi) is 5.74. The molecule has 20 heavy (non-hydrogen) atoms. The molecule has 4 heteroatoms. The largest absolute Gasteiger partial charge is 0.467 e. The Labute approximate surface area is 120 Å². The van der Waals surface area contributed by atoms with Gasteiger partial charge in [0.1, 0.15) is 6.04 Å². The summed E-state index contributed by atoms with van der Waals surface area (Å²) < 4.78 is 4.76. The topological polar surface area (TPSA) is 55.4 Å². The van der Waals surface area contributed by atoms with E-state index in [1.165, 1.54) is 7.11 Å². The van der Waals surface area contributed by atoms with E-state index in [-0.39, 0.29) is 5.91 Å². The normalized spacial score (nSPS) is 12.6. The summed E-state index contributed by atoms with van der Waals surface area (Å²) in [6.07, 6.45) is 1.24. The standard InChI is InChI=1S/C16H23NO3/c1-16(2,3)15(19)17-13(14(18)20-4)11-10-12-8-6-5-7-9-12/h5-9,13H,10-11H2,1-4H3,(H,17,19). The summed E-state index contributed by atoms with van der Waals surface area (Å²) in [6.45, 7) is 5.44. The average Bonchev–Trinajstić information content (AvgIpc) is 2.42. The lowest BCUT2D eigenvalue weighted by atomic mass is 9.94. The van der Waals surface area contributed by atoms with Gasteiger partial charge < -0.3 is 10.1 Å². The Morgan fingerprint density at radius 2 is 1.80 bits per heavy atom. The van der Waals surface area contributed by atoms with Gasteiger partial charge in [0.05, 0.1) is 7.11 Å². The predicted octanol–water partition coefficient (Wildman–Crippen LogP) is 2.32. The number of esters is 1. The van der Waals surface area contributed by atoms with Gasteiger partial charge in [0.25, 0.3) is 0 Å². The zero-order valence-corrected chi connectivity index (χ0v) is 12.6. The second-order valence-electron chi connectivity index (χ2n) is 5.82. The van der Waals surface area contributed by atoms with Crippen LogP contribution in [0.25, 0.3) is 0 Å². The summed E-state index contributed by atoms with van der Waals surface area (Å²) >= 11 is 0. The molecule has 0 radical (unpaired) electrons. The van der Waals surface area contributed by atoms with Gasteiger partial charge in [-0.2, -0.15) is 0 Å². The Hall–Kier alpha value is -1.84. The number of aryl methyl sites for hydroxylation is 1. The Morgan fingerprint density at radius 3 is 2.30 bits per heavy atom. The molecule has 0 heterocycles. The molecular weight excluding hydrogens is 254 g/mol. The van der Waals surface area contributed by atoms with Crippen molar-refractivity contribution in [2.75, 3.05) is 7.11 Å². The van der Waals surface area contributed by atoms with E-state index >= 15 is 0 Å². The van der Waals surface area contributed by atoms with Crippen molar-refractivity contribution >= 4 is 11.9 Å². The van der Waals surface area contributed by atoms with Gasteiger partial charge in [0, 0.05) is 5.41 Å². The molecule has 0 bridgehead atoms. The lowest BCUT2D eigenvalue weighted by molar-refractivity contribution is -0.146. The van der Waals surface area contributed by atoms with Crippen LogP contribution < -0.4 is 5.32 Å². The summed E-state index contributed by atoms with van der Waals surface area (Å²) in [5.41, 5.74) is 0.602. The van der Waals surface area contributed by atoms with E-state index < -0.39 is 17.4 Å². The van der Waals surface area contributed by atoms with E-state index in [0.29, 0.717) is 12.8 Å². The minimum Gasteiger partial charge on any atom is -0.467 e. The molecule has 110 valence electrons. The molecule has 1 N–H and O–H groups in total. The van der Waals surface area contributed by atoms with Gasteiger partial charge in [-0.15, -0.1) is 0 Å². The first-order valence-corrected chi connectivity index (χ1v) is 6.77. The van der Waals surface area contributed by atoms with Gasteiger partial charge in [0.15, 0.2) is 0 Å². The van der Waals surface area contributed by atoms with Crippen LogP contribution in [0.15, 0.2) is 30.3 Å². The molecule has 0 aliphatic rings. The highest BCUT2D eigenvalue weighted by molar-refractivity contribution is 5.87. The number of carbonyl (C=O) groups excluding carboxylic acids is 2. The van der Waals surface area contributed by atoms with Gasteiger partial charge in [0.2, 0.25) is 5.91 Å². The van der Waals surface area contributed by atoms with Crippen molar-refractivity contribution in [1.82, 2.24) is 5.32 Å². The maximum Gasteiger partial charge on any atom is 0.328 e. The van der Waals surface area contributed by atoms with Crippen LogP contribution in [-0.4, -0.2) is 25.0 Å². The number of nitrogens with one attached hydrogen (secondary N) is 1. The van der Waals surface area contributed by atoms with Crippen LogP contribution in [0.2, 0.25) is 0 Å². The van der Waals surface area contributed by atoms with Crippen LogP contribution in [-0.2, 0) is 20.7 Å². The Balaban J connectivity index is 2.66. The van der Waals surface area contributed by atoms with Crippen molar-refractivity contribution in [3.63, 3.8) is 0 Å². The fraction of sp³-hybridized carbons (Fsp3) is 0.500. The maximum atomic E-state index is 12.0. The molecule has 4 nitrogen and oxygen atoms in total. The van der Waals surface area contributed by atoms with Crippen LogP contribution in [0.1, 0.15) is 32.8 Å². The minimum absolute atomic E-state index is 0.152. The van der Waals surface area contributed by atoms with Gasteiger partial charge in [-0.25, -0.2) is 4.79 Å². The fourth-order valence-corrected chi connectivity index (χ4v) is 1.72. The number of ether oxygens (including phenoxy) is 1. The third-order valence-electron chi connectivity index (χ3n) is 3.04. The van der Waals surface area contributed by atoms with E-state index in [4.69, 9.17) is 4.74 Å². The molecule has 1 aromatic rings. The molecular formula is C16H23NO3. The smallest absolute Gasteiger partial charge is 0.328 e. The van der Waals surface area contributed by atoms with Gasteiger partial charge in [-0.1, -0.05) is 51.1 Å². The van der Waals surface area contributed by atoms with Crippen molar-refractivity contribution in [3.8, 4) is 0 Å².